The molecule has 2 aromatic rings. The molecule has 1 aromatic carbocycles. The molecule has 29 heavy (non-hydrogen) atoms. The molecular weight excluding hydrogens is 381 g/mol. The van der Waals surface area contributed by atoms with Crippen LogP contribution in [0.5, 0.6) is 0 Å². The first-order valence-corrected chi connectivity index (χ1v) is 10.0. The Balaban J connectivity index is 2.07. The predicted molar refractivity (Wildman–Crippen MR) is 107 cm³/mol. The van der Waals surface area contributed by atoms with Crippen molar-refractivity contribution < 1.29 is 18.0 Å². The number of rotatable bonds is 4. The van der Waals surface area contributed by atoms with Crippen molar-refractivity contribution in [1.29, 1.82) is 0 Å². The lowest BCUT2D eigenvalue weighted by molar-refractivity contribution is -0.136. The van der Waals surface area contributed by atoms with E-state index in [0.717, 1.165) is 32.0 Å². The van der Waals surface area contributed by atoms with E-state index in [9.17, 15) is 18.0 Å². The van der Waals surface area contributed by atoms with Crippen molar-refractivity contribution in [3.63, 3.8) is 0 Å². The highest BCUT2D eigenvalue weighted by Gasteiger charge is 2.35. The van der Waals surface area contributed by atoms with Crippen molar-refractivity contribution in [3.8, 4) is 0 Å². The molecule has 1 amide bonds. The van der Waals surface area contributed by atoms with Gasteiger partial charge in [0.1, 0.15) is 17.9 Å². The second-order valence-electron chi connectivity index (χ2n) is 8.99. The number of piperidine rings is 1. The third-order valence-electron chi connectivity index (χ3n) is 5.13. The summed E-state index contributed by atoms with van der Waals surface area (Å²) in [5, 5.41) is 6.19. The Bertz CT molecular complexity index is 890. The van der Waals surface area contributed by atoms with Crippen LogP contribution in [0.2, 0.25) is 0 Å². The van der Waals surface area contributed by atoms with Crippen molar-refractivity contribution in [3.05, 3.63) is 29.1 Å². The van der Waals surface area contributed by atoms with Gasteiger partial charge < -0.3 is 15.2 Å². The van der Waals surface area contributed by atoms with E-state index in [0.29, 0.717) is 29.2 Å². The summed E-state index contributed by atoms with van der Waals surface area (Å²) in [4.78, 5) is 17.0. The number of imidazole rings is 1. The zero-order chi connectivity index (χ0) is 21.4. The number of hydrogen-bond acceptors (Lipinski definition) is 3. The number of alkyl halides is 3. The van der Waals surface area contributed by atoms with Gasteiger partial charge >= 0.3 is 6.18 Å². The van der Waals surface area contributed by atoms with Crippen LogP contribution in [0.4, 0.5) is 13.2 Å². The van der Waals surface area contributed by atoms with E-state index < -0.39 is 17.3 Å². The average molecular weight is 410 g/mol. The van der Waals surface area contributed by atoms with Gasteiger partial charge in [-0.15, -0.1) is 0 Å². The summed E-state index contributed by atoms with van der Waals surface area (Å²) >= 11 is 0. The van der Waals surface area contributed by atoms with Crippen molar-refractivity contribution in [2.75, 3.05) is 13.1 Å². The maximum absolute atomic E-state index is 13.6. The lowest BCUT2D eigenvalue weighted by Crippen LogP contribution is -2.42. The maximum Gasteiger partial charge on any atom is 0.418 e. The molecule has 1 saturated heterocycles. The molecule has 160 valence electrons. The summed E-state index contributed by atoms with van der Waals surface area (Å²) in [6, 6.07) is 2.82. The number of carbonyl (C=O) groups is 1. The van der Waals surface area contributed by atoms with Crippen LogP contribution in [0.3, 0.4) is 0 Å². The Morgan fingerprint density at radius 3 is 2.48 bits per heavy atom. The number of benzene rings is 1. The van der Waals surface area contributed by atoms with Gasteiger partial charge in [-0.05, 0) is 77.2 Å². The monoisotopic (exact) mass is 410 g/mol. The zero-order valence-corrected chi connectivity index (χ0v) is 17.4. The highest BCUT2D eigenvalue weighted by molar-refractivity contribution is 5.84. The lowest BCUT2D eigenvalue weighted by atomic mass is 9.94. The van der Waals surface area contributed by atoms with E-state index in [-0.39, 0.29) is 18.0 Å². The number of aryl methyl sites for hydroxylation is 1. The Morgan fingerprint density at radius 2 is 1.90 bits per heavy atom. The Labute approximate surface area is 169 Å². The molecule has 5 nitrogen and oxygen atoms in total. The first kappa shape index (κ1) is 21.6. The first-order chi connectivity index (χ1) is 13.4. The number of aromatic nitrogens is 2. The van der Waals surface area contributed by atoms with Crippen molar-refractivity contribution >= 4 is 16.9 Å². The molecule has 0 spiro atoms. The summed E-state index contributed by atoms with van der Waals surface area (Å²) in [5.41, 5.74) is -0.374. The van der Waals surface area contributed by atoms with Crippen LogP contribution in [0, 0.1) is 12.8 Å². The molecule has 1 aliphatic heterocycles. The molecule has 3 rings (SSSR count). The normalized spacial score (nSPS) is 16.4. The molecule has 0 unspecified atom stereocenters. The second-order valence-corrected chi connectivity index (χ2v) is 8.99. The van der Waals surface area contributed by atoms with Crippen LogP contribution in [0.25, 0.3) is 11.0 Å². The summed E-state index contributed by atoms with van der Waals surface area (Å²) in [5.74, 6) is 0.651. The van der Waals surface area contributed by atoms with Gasteiger partial charge in [-0.3, -0.25) is 4.79 Å². The second kappa shape index (κ2) is 7.97. The fraction of sp³-hybridized carbons (Fsp3) is 0.619. The molecule has 0 bridgehead atoms. The molecule has 1 aromatic heterocycles. The molecule has 8 heteroatoms. The van der Waals surface area contributed by atoms with Gasteiger partial charge in [0.25, 0.3) is 0 Å². The summed E-state index contributed by atoms with van der Waals surface area (Å²) in [6.07, 6.45) is -2.04. The van der Waals surface area contributed by atoms with E-state index >= 15 is 0 Å². The van der Waals surface area contributed by atoms with Gasteiger partial charge in [0.2, 0.25) is 5.91 Å². The molecule has 1 fully saturated rings. The number of nitrogens with one attached hydrogen (secondary N) is 2. The number of hydrogen-bond donors (Lipinski definition) is 2. The smallest absolute Gasteiger partial charge is 0.350 e. The van der Waals surface area contributed by atoms with Crippen LogP contribution in [-0.2, 0) is 23.9 Å². The molecule has 2 N–H and O–H groups in total. The molecule has 0 radical (unpaired) electrons. The number of carbonyl (C=O) groups excluding carboxylic acids is 1. The molecule has 2 heterocycles. The fourth-order valence-corrected chi connectivity index (χ4v) is 3.91. The first-order valence-electron chi connectivity index (χ1n) is 10.0. The summed E-state index contributed by atoms with van der Waals surface area (Å²) in [6.45, 7) is 8.99. The van der Waals surface area contributed by atoms with Gasteiger partial charge in [-0.25, -0.2) is 4.98 Å². The van der Waals surface area contributed by atoms with Crippen molar-refractivity contribution in [2.24, 2.45) is 5.92 Å². The molecule has 0 aliphatic carbocycles. The summed E-state index contributed by atoms with van der Waals surface area (Å²) < 4.78 is 42.6. The average Bonchev–Trinajstić information content (AvgIpc) is 2.90. The van der Waals surface area contributed by atoms with Gasteiger partial charge in [0.05, 0.1) is 11.1 Å². The van der Waals surface area contributed by atoms with Crippen LogP contribution in [0.1, 0.15) is 50.6 Å². The minimum absolute atomic E-state index is 0.0468. The highest BCUT2D eigenvalue weighted by atomic mass is 19.4. The number of amides is 1. The Kier molecular flexibility index (Phi) is 5.94. The van der Waals surface area contributed by atoms with E-state index in [1.54, 1.807) is 17.6 Å². The van der Waals surface area contributed by atoms with Crippen molar-refractivity contribution in [2.45, 2.75) is 65.2 Å². The number of fused-ring (bicyclic) bond motifs is 1. The summed E-state index contributed by atoms with van der Waals surface area (Å²) in [7, 11) is 0. The Hall–Kier alpha value is -2.09. The number of halogens is 3. The van der Waals surface area contributed by atoms with Gasteiger partial charge in [0.15, 0.2) is 0 Å². The minimum atomic E-state index is -4.50. The van der Waals surface area contributed by atoms with Crippen LogP contribution in [0.15, 0.2) is 12.1 Å². The molecule has 1 aliphatic rings. The maximum atomic E-state index is 13.6. The van der Waals surface area contributed by atoms with E-state index in [4.69, 9.17) is 0 Å². The van der Waals surface area contributed by atoms with E-state index in [1.807, 2.05) is 20.8 Å². The molecular formula is C21H29F3N4O. The quantitative estimate of drug-likeness (QED) is 0.806. The SMILES string of the molecule is Cc1cc(C(F)(F)F)c2nc(CC3CCNCC3)n(CC(=O)NC(C)(C)C)c2c1. The van der Waals surface area contributed by atoms with E-state index in [2.05, 4.69) is 15.6 Å². The van der Waals surface area contributed by atoms with Gasteiger partial charge in [-0.2, -0.15) is 13.2 Å². The fourth-order valence-electron chi connectivity index (χ4n) is 3.91. The third-order valence-corrected chi connectivity index (χ3v) is 5.13. The van der Waals surface area contributed by atoms with Crippen LogP contribution >= 0.6 is 0 Å². The third kappa shape index (κ3) is 5.29. The largest absolute Gasteiger partial charge is 0.418 e. The van der Waals surface area contributed by atoms with E-state index in [1.165, 1.54) is 0 Å². The predicted octanol–water partition coefficient (Wildman–Crippen LogP) is 3.82. The van der Waals surface area contributed by atoms with Crippen LogP contribution in [-0.4, -0.2) is 34.1 Å². The standard InChI is InChI=1S/C21H29F3N4O/c1-13-9-15(21(22,23)24)19-16(10-13)28(12-18(29)27-20(2,3)4)17(26-19)11-14-5-7-25-8-6-14/h9-10,14,25H,5-8,11-12H2,1-4H3,(H,27,29). The van der Waals surface area contributed by atoms with Crippen LogP contribution < -0.4 is 10.6 Å². The lowest BCUT2D eigenvalue weighted by Gasteiger charge is -2.23. The minimum Gasteiger partial charge on any atom is -0.350 e. The van der Waals surface area contributed by atoms with Gasteiger partial charge in [0, 0.05) is 12.0 Å². The Morgan fingerprint density at radius 1 is 1.24 bits per heavy atom. The number of nitrogens with zero attached hydrogens (tertiary/aromatic N) is 2. The highest BCUT2D eigenvalue weighted by Crippen LogP contribution is 2.36. The molecule has 0 atom stereocenters. The molecule has 0 saturated carbocycles. The zero-order valence-electron chi connectivity index (χ0n) is 17.4. The topological polar surface area (TPSA) is 59.0 Å². The van der Waals surface area contributed by atoms with Crippen molar-refractivity contribution in [1.82, 2.24) is 20.2 Å². The van der Waals surface area contributed by atoms with Gasteiger partial charge in [-0.1, -0.05) is 0 Å².